The van der Waals surface area contributed by atoms with Crippen LogP contribution in [0.4, 0.5) is 5.82 Å². The predicted octanol–water partition coefficient (Wildman–Crippen LogP) is 1.43. The summed E-state index contributed by atoms with van der Waals surface area (Å²) in [6.45, 7) is 7.23. The van der Waals surface area contributed by atoms with Crippen molar-refractivity contribution in [3.8, 4) is 30.3 Å². The quantitative estimate of drug-likeness (QED) is 0.313. The Labute approximate surface area is 166 Å². The summed E-state index contributed by atoms with van der Waals surface area (Å²) >= 11 is 0. The number of nitrogens with zero attached hydrogens (tertiary/aromatic N) is 12. The van der Waals surface area contributed by atoms with E-state index in [0.29, 0.717) is 0 Å². The minimum Gasteiger partial charge on any atom is -0.358 e. The van der Waals surface area contributed by atoms with Crippen LogP contribution >= 0.6 is 0 Å². The molecule has 0 atom stereocenters. The molecule has 0 fully saturated rings. The van der Waals surface area contributed by atoms with Gasteiger partial charge in [-0.2, -0.15) is 26.3 Å². The summed E-state index contributed by atoms with van der Waals surface area (Å²) in [4.78, 5) is 27.9. The van der Waals surface area contributed by atoms with E-state index in [2.05, 4.69) is 34.7 Å². The Morgan fingerprint density at radius 3 is 1.00 bits per heavy atom. The third kappa shape index (κ3) is 2.27. The van der Waals surface area contributed by atoms with Crippen LogP contribution in [0.15, 0.2) is 0 Å². The number of rotatable bonds is 0. The Balaban J connectivity index is 2.42. The van der Waals surface area contributed by atoms with E-state index < -0.39 is 0 Å². The molecule has 30 heavy (non-hydrogen) atoms. The van der Waals surface area contributed by atoms with Gasteiger partial charge >= 0.3 is 5.82 Å². The molecule has 0 bridgehead atoms. The first-order valence-corrected chi connectivity index (χ1v) is 7.75. The third-order valence-electron chi connectivity index (χ3n) is 3.98. The fourth-order valence-electron chi connectivity index (χ4n) is 2.75. The maximum absolute atomic E-state index is 9.29. The number of aromatic nitrogens is 6. The maximum Gasteiger partial charge on any atom is 0.307 e. The highest BCUT2D eigenvalue weighted by Crippen LogP contribution is 2.32. The summed E-state index contributed by atoms with van der Waals surface area (Å²) in [5.74, 6) is -0.308. The topological polar surface area (TPSA) is 201 Å². The van der Waals surface area contributed by atoms with Gasteiger partial charge in [0.2, 0.25) is 5.52 Å². The monoisotopic (exact) mass is 384 g/mol. The Hall–Kier alpha value is -5.82. The molecule has 4 aromatic rings. The second-order valence-electron chi connectivity index (χ2n) is 5.50. The van der Waals surface area contributed by atoms with Crippen molar-refractivity contribution in [1.29, 1.82) is 26.3 Å². The van der Waals surface area contributed by atoms with Crippen LogP contribution in [-0.2, 0) is 0 Å². The van der Waals surface area contributed by atoms with E-state index in [0.717, 1.165) is 0 Å². The summed E-state index contributed by atoms with van der Waals surface area (Å²) in [6.07, 6.45) is 0. The molecule has 1 aromatic carbocycles. The van der Waals surface area contributed by atoms with E-state index in [4.69, 9.17) is 6.57 Å². The first-order valence-electron chi connectivity index (χ1n) is 7.75. The first-order chi connectivity index (χ1) is 14.6. The van der Waals surface area contributed by atoms with Crippen molar-refractivity contribution in [2.75, 3.05) is 0 Å². The Morgan fingerprint density at radius 1 is 0.467 bits per heavy atom. The van der Waals surface area contributed by atoms with Crippen molar-refractivity contribution < 1.29 is 0 Å². The van der Waals surface area contributed by atoms with E-state index in [1.165, 1.54) is 0 Å². The van der Waals surface area contributed by atoms with Gasteiger partial charge in [0.25, 0.3) is 0 Å². The van der Waals surface area contributed by atoms with E-state index in [9.17, 15) is 26.3 Å². The van der Waals surface area contributed by atoms with Gasteiger partial charge in [0.1, 0.15) is 57.9 Å². The smallest absolute Gasteiger partial charge is 0.307 e. The third-order valence-corrected chi connectivity index (χ3v) is 3.98. The molecule has 3 aromatic heterocycles. The number of benzene rings is 1. The van der Waals surface area contributed by atoms with Gasteiger partial charge in [-0.05, 0) is 0 Å². The minimum atomic E-state index is -0.308. The Morgan fingerprint density at radius 2 is 0.733 bits per heavy atom. The van der Waals surface area contributed by atoms with Crippen LogP contribution in [0.2, 0.25) is 0 Å². The van der Waals surface area contributed by atoms with Crippen molar-refractivity contribution >= 4 is 38.9 Å². The van der Waals surface area contributed by atoms with E-state index >= 15 is 0 Å². The fourth-order valence-corrected chi connectivity index (χ4v) is 2.75. The molecular formula is C18N12. The maximum atomic E-state index is 9.29. The number of hydrogen-bond acceptors (Lipinski definition) is 11. The number of hydrogen-bond donors (Lipinski definition) is 0. The lowest BCUT2D eigenvalue weighted by Crippen LogP contribution is -2.04. The predicted molar refractivity (Wildman–Crippen MR) is 95.6 cm³/mol. The van der Waals surface area contributed by atoms with Gasteiger partial charge in [0, 0.05) is 0 Å². The Kier molecular flexibility index (Phi) is 3.76. The molecule has 0 N–H and O–H groups in total. The van der Waals surface area contributed by atoms with Crippen molar-refractivity contribution in [2.24, 2.45) is 0 Å². The average molecular weight is 384 g/mol. The largest absolute Gasteiger partial charge is 0.358 e. The van der Waals surface area contributed by atoms with Gasteiger partial charge in [-0.25, -0.2) is 24.9 Å². The Bertz CT molecular complexity index is 1350. The molecule has 0 saturated carbocycles. The minimum absolute atomic E-state index is 0.0149. The first kappa shape index (κ1) is 17.6. The zero-order valence-electron chi connectivity index (χ0n) is 14.4. The van der Waals surface area contributed by atoms with Crippen molar-refractivity contribution in [3.63, 3.8) is 0 Å². The highest BCUT2D eigenvalue weighted by atomic mass is 15.0. The molecule has 3 heterocycles. The zero-order chi connectivity index (χ0) is 21.4. The van der Waals surface area contributed by atoms with Gasteiger partial charge in [-0.3, -0.25) is 0 Å². The molecule has 132 valence electrons. The van der Waals surface area contributed by atoms with E-state index in [-0.39, 0.29) is 67.4 Å². The van der Waals surface area contributed by atoms with Gasteiger partial charge in [-0.15, -0.1) is 4.98 Å². The average Bonchev–Trinajstić information content (AvgIpc) is 2.81. The van der Waals surface area contributed by atoms with Gasteiger partial charge in [0.15, 0.2) is 28.5 Å². The molecule has 12 nitrogen and oxygen atoms in total. The SMILES string of the molecule is [C-]#[N+]c1nc2c3nc(C#N)c(C#N)nc3c3nc(C#N)c(C#N)nc3c2nc1C#N. The lowest BCUT2D eigenvalue weighted by Gasteiger charge is -2.07. The van der Waals surface area contributed by atoms with Crippen LogP contribution in [0.5, 0.6) is 0 Å². The molecule has 0 amide bonds. The fraction of sp³-hybridized carbons (Fsp3) is 0. The second-order valence-corrected chi connectivity index (χ2v) is 5.50. The van der Waals surface area contributed by atoms with Crippen molar-refractivity contribution in [2.45, 2.75) is 0 Å². The molecule has 12 heteroatoms. The van der Waals surface area contributed by atoms with Gasteiger partial charge in [0.05, 0.1) is 0 Å². The molecule has 0 aliphatic carbocycles. The summed E-state index contributed by atoms with van der Waals surface area (Å²) in [7, 11) is 0. The molecule has 0 saturated heterocycles. The molecule has 4 rings (SSSR count). The van der Waals surface area contributed by atoms with Crippen molar-refractivity contribution in [3.05, 3.63) is 39.9 Å². The van der Waals surface area contributed by atoms with Crippen LogP contribution in [0.25, 0.3) is 37.9 Å². The molecule has 0 radical (unpaired) electrons. The van der Waals surface area contributed by atoms with Crippen LogP contribution in [0.1, 0.15) is 28.5 Å². The standard InChI is InChI=1S/C18N12/c1-24-18-11(6-23)29-16-14-12(25-7(2-19)8(3-20)27-14)13-15(17(16)30-18)28-10(5-22)9(4-21)26-13. The lowest BCUT2D eigenvalue weighted by atomic mass is 10.1. The van der Waals surface area contributed by atoms with Crippen LogP contribution in [0.3, 0.4) is 0 Å². The normalized spacial score (nSPS) is 9.80. The summed E-state index contributed by atoms with van der Waals surface area (Å²) in [5, 5.41) is 46.4. The molecular weight excluding hydrogens is 384 g/mol. The zero-order valence-corrected chi connectivity index (χ0v) is 14.4. The number of nitriles is 5. The number of fused-ring (bicyclic) bond motifs is 6. The van der Waals surface area contributed by atoms with E-state index in [1.54, 1.807) is 30.3 Å². The van der Waals surface area contributed by atoms with Crippen molar-refractivity contribution in [1.82, 2.24) is 29.9 Å². The van der Waals surface area contributed by atoms with Gasteiger partial charge in [-0.1, -0.05) is 6.57 Å². The summed E-state index contributed by atoms with van der Waals surface area (Å²) in [5.41, 5.74) is -1.54. The summed E-state index contributed by atoms with van der Waals surface area (Å²) < 4.78 is 0. The summed E-state index contributed by atoms with van der Waals surface area (Å²) in [6, 6.07) is 8.78. The van der Waals surface area contributed by atoms with Crippen LogP contribution in [0, 0.1) is 63.2 Å². The van der Waals surface area contributed by atoms with Crippen LogP contribution in [-0.4, -0.2) is 29.9 Å². The van der Waals surface area contributed by atoms with E-state index in [1.807, 2.05) is 0 Å². The van der Waals surface area contributed by atoms with Crippen LogP contribution < -0.4 is 0 Å². The van der Waals surface area contributed by atoms with Gasteiger partial charge < -0.3 is 4.85 Å². The lowest BCUT2D eigenvalue weighted by molar-refractivity contribution is 1.17. The molecule has 0 aliphatic rings. The molecule has 0 spiro atoms. The molecule has 0 unspecified atom stereocenters. The molecule has 0 aliphatic heterocycles. The second kappa shape index (κ2) is 6.41. The highest BCUT2D eigenvalue weighted by Gasteiger charge is 2.24. The highest BCUT2D eigenvalue weighted by molar-refractivity contribution is 6.18.